The monoisotopic (exact) mass is 196 g/mol. The number of nitrogens with one attached hydrogen (secondary N) is 1. The van der Waals surface area contributed by atoms with Crippen molar-refractivity contribution in [1.82, 2.24) is 0 Å². The van der Waals surface area contributed by atoms with Crippen LogP contribution < -0.4 is 5.32 Å². The third-order valence-corrected chi connectivity index (χ3v) is 1.69. The smallest absolute Gasteiger partial charge is 0.275 e. The number of nitrogens with zero attached hydrogens (tertiary/aromatic N) is 1. The Morgan fingerprint density at radius 2 is 2.21 bits per heavy atom. The molecule has 0 aliphatic rings. The maximum Gasteiger partial charge on any atom is 0.275 e. The van der Waals surface area contributed by atoms with E-state index in [0.29, 0.717) is 5.69 Å². The third kappa shape index (κ3) is 2.62. The van der Waals surface area contributed by atoms with E-state index in [1.54, 1.807) is 0 Å². The summed E-state index contributed by atoms with van der Waals surface area (Å²) in [5.41, 5.74) is 0.460. The van der Waals surface area contributed by atoms with Gasteiger partial charge in [-0.15, -0.1) is 0 Å². The first-order valence-corrected chi connectivity index (χ1v) is 4.36. The Kier molecular flexibility index (Phi) is 3.28. The van der Waals surface area contributed by atoms with Crippen LogP contribution in [0, 0.1) is 10.1 Å². The second-order valence-electron chi connectivity index (χ2n) is 2.92. The quantitative estimate of drug-likeness (QED) is 0.571. The summed E-state index contributed by atoms with van der Waals surface area (Å²) in [5, 5.41) is 22.6. The lowest BCUT2D eigenvalue weighted by atomic mass is 10.2. The van der Waals surface area contributed by atoms with E-state index >= 15 is 0 Å². The molecule has 0 unspecified atom stereocenters. The maximum atomic E-state index is 10.4. The van der Waals surface area contributed by atoms with Gasteiger partial charge in [-0.2, -0.15) is 0 Å². The summed E-state index contributed by atoms with van der Waals surface area (Å²) in [5.74, 6) is -0.0993. The minimum Gasteiger partial charge on any atom is -0.508 e. The fourth-order valence-corrected chi connectivity index (χ4v) is 1.07. The predicted octanol–water partition coefficient (Wildman–Crippen LogP) is 2.12. The van der Waals surface area contributed by atoms with Gasteiger partial charge >= 0.3 is 0 Å². The van der Waals surface area contributed by atoms with Crippen molar-refractivity contribution in [2.75, 3.05) is 11.9 Å². The van der Waals surface area contributed by atoms with Crippen LogP contribution in [0.2, 0.25) is 0 Å². The first-order chi connectivity index (χ1) is 6.63. The highest BCUT2D eigenvalue weighted by molar-refractivity contribution is 5.55. The minimum absolute atomic E-state index is 0.0993. The average molecular weight is 196 g/mol. The number of hydrogen-bond donors (Lipinski definition) is 2. The normalized spacial score (nSPS) is 9.79. The van der Waals surface area contributed by atoms with E-state index in [9.17, 15) is 15.2 Å². The maximum absolute atomic E-state index is 10.4. The van der Waals surface area contributed by atoms with E-state index in [1.165, 1.54) is 12.1 Å². The Bertz CT molecular complexity index is 339. The van der Waals surface area contributed by atoms with E-state index in [2.05, 4.69) is 5.32 Å². The molecule has 76 valence electrons. The zero-order valence-corrected chi connectivity index (χ0v) is 7.86. The van der Waals surface area contributed by atoms with Crippen molar-refractivity contribution < 1.29 is 10.0 Å². The summed E-state index contributed by atoms with van der Waals surface area (Å²) in [6, 6.07) is 3.98. The molecular formula is C9H12N2O3. The van der Waals surface area contributed by atoms with Gasteiger partial charge in [0, 0.05) is 24.4 Å². The summed E-state index contributed by atoms with van der Waals surface area (Å²) in [6.07, 6.45) is 0.920. The number of aromatic hydroxyl groups is 1. The first-order valence-electron chi connectivity index (χ1n) is 4.36. The Labute approximate surface area is 81.5 Å². The number of phenols is 1. The van der Waals surface area contributed by atoms with Gasteiger partial charge in [0.2, 0.25) is 0 Å². The Balaban J connectivity index is 2.89. The summed E-state index contributed by atoms with van der Waals surface area (Å²) in [4.78, 5) is 9.91. The van der Waals surface area contributed by atoms with Crippen LogP contribution in [0.4, 0.5) is 11.4 Å². The van der Waals surface area contributed by atoms with Crippen LogP contribution in [-0.2, 0) is 0 Å². The lowest BCUT2D eigenvalue weighted by Gasteiger charge is -2.04. The molecule has 0 aliphatic carbocycles. The first kappa shape index (κ1) is 10.3. The van der Waals surface area contributed by atoms with Gasteiger partial charge in [0.15, 0.2) is 0 Å². The minimum atomic E-state index is -0.531. The van der Waals surface area contributed by atoms with Crippen LogP contribution in [0.3, 0.4) is 0 Å². The largest absolute Gasteiger partial charge is 0.508 e. The third-order valence-electron chi connectivity index (χ3n) is 1.69. The van der Waals surface area contributed by atoms with Crippen molar-refractivity contribution in [3.8, 4) is 5.75 Å². The standard InChI is InChI=1S/C9H12N2O3/c1-2-3-10-7-4-8(11(13)14)6-9(12)5-7/h4-6,10,12H,2-3H2,1H3. The molecule has 0 aromatic heterocycles. The van der Waals surface area contributed by atoms with Gasteiger partial charge in [-0.3, -0.25) is 10.1 Å². The molecule has 1 aromatic rings. The molecule has 0 aliphatic heterocycles. The van der Waals surface area contributed by atoms with Crippen molar-refractivity contribution in [3.05, 3.63) is 28.3 Å². The van der Waals surface area contributed by atoms with Gasteiger partial charge in [-0.05, 0) is 6.42 Å². The highest BCUT2D eigenvalue weighted by Crippen LogP contribution is 2.24. The number of benzene rings is 1. The van der Waals surface area contributed by atoms with E-state index in [-0.39, 0.29) is 11.4 Å². The fraction of sp³-hybridized carbons (Fsp3) is 0.333. The molecule has 0 spiro atoms. The van der Waals surface area contributed by atoms with E-state index in [4.69, 9.17) is 0 Å². The molecule has 0 fully saturated rings. The summed E-state index contributed by atoms with van der Waals surface area (Å²) >= 11 is 0. The number of nitro groups is 1. The molecule has 1 rings (SSSR count). The Morgan fingerprint density at radius 3 is 2.79 bits per heavy atom. The second-order valence-corrected chi connectivity index (χ2v) is 2.92. The van der Waals surface area contributed by atoms with Crippen LogP contribution in [-0.4, -0.2) is 16.6 Å². The molecular weight excluding hydrogens is 184 g/mol. The second kappa shape index (κ2) is 4.45. The molecule has 14 heavy (non-hydrogen) atoms. The van der Waals surface area contributed by atoms with Gasteiger partial charge in [-0.25, -0.2) is 0 Å². The summed E-state index contributed by atoms with van der Waals surface area (Å²) in [7, 11) is 0. The average Bonchev–Trinajstić information content (AvgIpc) is 2.14. The summed E-state index contributed by atoms with van der Waals surface area (Å²) < 4.78 is 0. The van der Waals surface area contributed by atoms with Gasteiger partial charge in [0.05, 0.1) is 11.0 Å². The van der Waals surface area contributed by atoms with E-state index in [0.717, 1.165) is 19.0 Å². The number of hydrogen-bond acceptors (Lipinski definition) is 4. The van der Waals surface area contributed by atoms with Gasteiger partial charge < -0.3 is 10.4 Å². The Hall–Kier alpha value is -1.78. The van der Waals surface area contributed by atoms with Crippen molar-refractivity contribution in [2.24, 2.45) is 0 Å². The number of phenolic OH excluding ortho intramolecular Hbond substituents is 1. The predicted molar refractivity (Wildman–Crippen MR) is 53.5 cm³/mol. The number of nitro benzene ring substituents is 1. The van der Waals surface area contributed by atoms with Crippen LogP contribution in [0.5, 0.6) is 5.75 Å². The number of rotatable bonds is 4. The zero-order chi connectivity index (χ0) is 10.6. The lowest BCUT2D eigenvalue weighted by Crippen LogP contribution is -2.00. The van der Waals surface area contributed by atoms with Crippen LogP contribution in [0.1, 0.15) is 13.3 Å². The molecule has 1 aromatic carbocycles. The highest BCUT2D eigenvalue weighted by atomic mass is 16.6. The van der Waals surface area contributed by atoms with Crippen LogP contribution >= 0.6 is 0 Å². The van der Waals surface area contributed by atoms with Crippen molar-refractivity contribution in [3.63, 3.8) is 0 Å². The fourth-order valence-electron chi connectivity index (χ4n) is 1.07. The zero-order valence-electron chi connectivity index (χ0n) is 7.86. The lowest BCUT2D eigenvalue weighted by molar-refractivity contribution is -0.384. The molecule has 0 bridgehead atoms. The molecule has 0 saturated heterocycles. The van der Waals surface area contributed by atoms with Gasteiger partial charge in [-0.1, -0.05) is 6.92 Å². The molecule has 5 nitrogen and oxygen atoms in total. The van der Waals surface area contributed by atoms with E-state index < -0.39 is 4.92 Å². The SMILES string of the molecule is CCCNc1cc(O)cc([N+](=O)[O-])c1. The molecule has 0 radical (unpaired) electrons. The van der Waals surface area contributed by atoms with Crippen molar-refractivity contribution in [1.29, 1.82) is 0 Å². The Morgan fingerprint density at radius 1 is 1.50 bits per heavy atom. The van der Waals surface area contributed by atoms with Crippen LogP contribution in [0.15, 0.2) is 18.2 Å². The molecule has 5 heteroatoms. The summed E-state index contributed by atoms with van der Waals surface area (Å²) in [6.45, 7) is 2.71. The molecule has 0 heterocycles. The number of anilines is 1. The van der Waals surface area contributed by atoms with Gasteiger partial charge in [0.1, 0.15) is 5.75 Å². The van der Waals surface area contributed by atoms with Crippen LogP contribution in [0.25, 0.3) is 0 Å². The number of non-ortho nitro benzene ring substituents is 1. The molecule has 0 atom stereocenters. The van der Waals surface area contributed by atoms with Gasteiger partial charge in [0.25, 0.3) is 5.69 Å². The van der Waals surface area contributed by atoms with E-state index in [1.807, 2.05) is 6.92 Å². The molecule has 2 N–H and O–H groups in total. The molecule has 0 amide bonds. The highest BCUT2D eigenvalue weighted by Gasteiger charge is 2.08. The van der Waals surface area contributed by atoms with Crippen molar-refractivity contribution >= 4 is 11.4 Å². The molecule has 0 saturated carbocycles. The topological polar surface area (TPSA) is 75.4 Å². The van der Waals surface area contributed by atoms with Crippen molar-refractivity contribution in [2.45, 2.75) is 13.3 Å².